The van der Waals surface area contributed by atoms with Crippen LogP contribution in [0.3, 0.4) is 0 Å². The van der Waals surface area contributed by atoms with Crippen molar-refractivity contribution < 1.29 is 9.21 Å². The van der Waals surface area contributed by atoms with Gasteiger partial charge in [0, 0.05) is 19.6 Å². The van der Waals surface area contributed by atoms with E-state index in [0.717, 1.165) is 25.3 Å². The van der Waals surface area contributed by atoms with Gasteiger partial charge in [-0.15, -0.1) is 0 Å². The summed E-state index contributed by atoms with van der Waals surface area (Å²) in [6.45, 7) is 4.95. The molecule has 0 unspecified atom stereocenters. The van der Waals surface area contributed by atoms with Gasteiger partial charge in [0.25, 0.3) is 5.91 Å². The second kappa shape index (κ2) is 9.74. The predicted octanol–water partition coefficient (Wildman–Crippen LogP) is 4.62. The van der Waals surface area contributed by atoms with Gasteiger partial charge in [-0.3, -0.25) is 9.69 Å². The van der Waals surface area contributed by atoms with Crippen LogP contribution < -0.4 is 5.32 Å². The van der Waals surface area contributed by atoms with E-state index in [4.69, 9.17) is 4.42 Å². The molecule has 0 saturated carbocycles. The lowest BCUT2D eigenvalue weighted by atomic mass is 10.1. The molecule has 0 bridgehead atoms. The summed E-state index contributed by atoms with van der Waals surface area (Å²) in [6, 6.07) is 24.4. The number of benzene rings is 2. The third-order valence-corrected chi connectivity index (χ3v) is 4.30. The summed E-state index contributed by atoms with van der Waals surface area (Å²) in [5.41, 5.74) is 2.50. The summed E-state index contributed by atoms with van der Waals surface area (Å²) in [5, 5.41) is 2.85. The van der Waals surface area contributed by atoms with Gasteiger partial charge < -0.3 is 9.73 Å². The SMILES string of the molecule is CCCNC(=O)c1ccc(CN(Cc2ccccc2)Cc2ccccc2)o1. The maximum absolute atomic E-state index is 12.1. The fourth-order valence-corrected chi connectivity index (χ4v) is 2.98. The highest BCUT2D eigenvalue weighted by atomic mass is 16.4. The summed E-state index contributed by atoms with van der Waals surface area (Å²) in [6.07, 6.45) is 0.904. The first kappa shape index (κ1) is 18.9. The highest BCUT2D eigenvalue weighted by Crippen LogP contribution is 2.16. The van der Waals surface area contributed by atoms with Crippen molar-refractivity contribution in [1.29, 1.82) is 0 Å². The summed E-state index contributed by atoms with van der Waals surface area (Å²) < 4.78 is 5.79. The zero-order valence-electron chi connectivity index (χ0n) is 15.7. The quantitative estimate of drug-likeness (QED) is 0.604. The molecule has 0 atom stereocenters. The van der Waals surface area contributed by atoms with E-state index in [1.807, 2.05) is 25.1 Å². The van der Waals surface area contributed by atoms with E-state index in [-0.39, 0.29) is 5.91 Å². The van der Waals surface area contributed by atoms with Gasteiger partial charge in [0.2, 0.25) is 0 Å². The highest BCUT2D eigenvalue weighted by molar-refractivity contribution is 5.91. The van der Waals surface area contributed by atoms with E-state index < -0.39 is 0 Å². The molecule has 4 nitrogen and oxygen atoms in total. The first-order valence-corrected chi connectivity index (χ1v) is 9.41. The fraction of sp³-hybridized carbons (Fsp3) is 0.261. The van der Waals surface area contributed by atoms with Crippen LogP contribution in [0.1, 0.15) is 40.8 Å². The van der Waals surface area contributed by atoms with Crippen LogP contribution in [-0.4, -0.2) is 17.4 Å². The molecular weight excluding hydrogens is 336 g/mol. The molecule has 0 fully saturated rings. The number of nitrogens with one attached hydrogen (secondary N) is 1. The molecule has 2 aromatic carbocycles. The Hall–Kier alpha value is -2.85. The smallest absolute Gasteiger partial charge is 0.286 e. The lowest BCUT2D eigenvalue weighted by Gasteiger charge is -2.21. The Labute approximate surface area is 160 Å². The number of hydrogen-bond acceptors (Lipinski definition) is 3. The molecule has 1 amide bonds. The molecule has 140 valence electrons. The third kappa shape index (κ3) is 5.83. The van der Waals surface area contributed by atoms with Crippen molar-refractivity contribution in [3.63, 3.8) is 0 Å². The highest BCUT2D eigenvalue weighted by Gasteiger charge is 2.14. The summed E-state index contributed by atoms with van der Waals surface area (Å²) in [7, 11) is 0. The summed E-state index contributed by atoms with van der Waals surface area (Å²) in [5.74, 6) is 1.02. The second-order valence-corrected chi connectivity index (χ2v) is 6.64. The van der Waals surface area contributed by atoms with Crippen LogP contribution in [-0.2, 0) is 19.6 Å². The number of nitrogens with zero attached hydrogens (tertiary/aromatic N) is 1. The van der Waals surface area contributed by atoms with Crippen molar-refractivity contribution in [3.8, 4) is 0 Å². The molecule has 0 spiro atoms. The normalized spacial score (nSPS) is 10.9. The zero-order valence-corrected chi connectivity index (χ0v) is 15.7. The van der Waals surface area contributed by atoms with Crippen LogP contribution in [0.25, 0.3) is 0 Å². The lowest BCUT2D eigenvalue weighted by molar-refractivity contribution is 0.0921. The Kier molecular flexibility index (Phi) is 6.83. The van der Waals surface area contributed by atoms with Gasteiger partial charge in [-0.1, -0.05) is 67.6 Å². The van der Waals surface area contributed by atoms with Crippen molar-refractivity contribution >= 4 is 5.91 Å². The van der Waals surface area contributed by atoms with Crippen molar-refractivity contribution in [2.75, 3.05) is 6.54 Å². The van der Waals surface area contributed by atoms with Gasteiger partial charge in [-0.25, -0.2) is 0 Å². The maximum atomic E-state index is 12.1. The van der Waals surface area contributed by atoms with E-state index in [1.54, 1.807) is 6.07 Å². The van der Waals surface area contributed by atoms with Crippen LogP contribution in [0.15, 0.2) is 77.2 Å². The van der Waals surface area contributed by atoms with Gasteiger partial charge in [0.1, 0.15) is 5.76 Å². The van der Waals surface area contributed by atoms with E-state index in [9.17, 15) is 4.79 Å². The van der Waals surface area contributed by atoms with Crippen LogP contribution in [0.2, 0.25) is 0 Å². The summed E-state index contributed by atoms with van der Waals surface area (Å²) >= 11 is 0. The molecule has 0 radical (unpaired) electrons. The van der Waals surface area contributed by atoms with Crippen LogP contribution in [0.4, 0.5) is 0 Å². The topological polar surface area (TPSA) is 45.5 Å². The average Bonchev–Trinajstić information content (AvgIpc) is 3.16. The second-order valence-electron chi connectivity index (χ2n) is 6.64. The van der Waals surface area contributed by atoms with Crippen molar-refractivity contribution in [3.05, 3.63) is 95.4 Å². The Bertz CT molecular complexity index is 786. The Morgan fingerprint density at radius 3 is 2.00 bits per heavy atom. The number of rotatable bonds is 9. The zero-order chi connectivity index (χ0) is 18.9. The minimum atomic E-state index is -0.152. The van der Waals surface area contributed by atoms with Crippen molar-refractivity contribution in [2.45, 2.75) is 33.0 Å². The maximum Gasteiger partial charge on any atom is 0.286 e. The monoisotopic (exact) mass is 362 g/mol. The molecular formula is C23H26N2O2. The third-order valence-electron chi connectivity index (χ3n) is 4.30. The Morgan fingerprint density at radius 1 is 0.852 bits per heavy atom. The van der Waals surface area contributed by atoms with Gasteiger partial charge in [-0.05, 0) is 29.7 Å². The number of carbonyl (C=O) groups is 1. The summed E-state index contributed by atoms with van der Waals surface area (Å²) in [4.78, 5) is 14.4. The van der Waals surface area contributed by atoms with Crippen LogP contribution >= 0.6 is 0 Å². The minimum absolute atomic E-state index is 0.152. The number of hydrogen-bond donors (Lipinski definition) is 1. The largest absolute Gasteiger partial charge is 0.455 e. The molecule has 1 heterocycles. The van der Waals surface area contributed by atoms with Crippen molar-refractivity contribution in [2.24, 2.45) is 0 Å². The van der Waals surface area contributed by atoms with Gasteiger partial charge in [-0.2, -0.15) is 0 Å². The standard InChI is InChI=1S/C23H26N2O2/c1-2-15-24-23(26)22-14-13-21(27-22)18-25(16-19-9-5-3-6-10-19)17-20-11-7-4-8-12-20/h3-14H,2,15-18H2,1H3,(H,24,26). The number of furan rings is 1. The van der Waals surface area contributed by atoms with Gasteiger partial charge in [0.05, 0.1) is 6.54 Å². The number of amides is 1. The molecule has 1 N–H and O–H groups in total. The Balaban J connectivity index is 1.71. The van der Waals surface area contributed by atoms with Gasteiger partial charge in [0.15, 0.2) is 5.76 Å². The molecule has 0 saturated heterocycles. The van der Waals surface area contributed by atoms with Crippen LogP contribution in [0.5, 0.6) is 0 Å². The average molecular weight is 362 g/mol. The minimum Gasteiger partial charge on any atom is -0.455 e. The first-order chi connectivity index (χ1) is 13.2. The predicted molar refractivity (Wildman–Crippen MR) is 107 cm³/mol. The lowest BCUT2D eigenvalue weighted by Crippen LogP contribution is -2.23. The first-order valence-electron chi connectivity index (χ1n) is 9.41. The molecule has 0 aliphatic heterocycles. The molecule has 1 aromatic heterocycles. The van der Waals surface area contributed by atoms with E-state index in [2.05, 4.69) is 58.7 Å². The van der Waals surface area contributed by atoms with Crippen molar-refractivity contribution in [1.82, 2.24) is 10.2 Å². The molecule has 3 rings (SSSR count). The fourth-order valence-electron chi connectivity index (χ4n) is 2.98. The van der Waals surface area contributed by atoms with E-state index in [1.165, 1.54) is 11.1 Å². The molecule has 3 aromatic rings. The van der Waals surface area contributed by atoms with Crippen LogP contribution in [0, 0.1) is 0 Å². The van der Waals surface area contributed by atoms with E-state index in [0.29, 0.717) is 18.8 Å². The number of carbonyl (C=O) groups excluding carboxylic acids is 1. The Morgan fingerprint density at radius 2 is 1.44 bits per heavy atom. The van der Waals surface area contributed by atoms with E-state index >= 15 is 0 Å². The molecule has 0 aliphatic carbocycles. The molecule has 4 heteroatoms. The van der Waals surface area contributed by atoms with Gasteiger partial charge >= 0.3 is 0 Å². The molecule has 0 aliphatic rings. The molecule has 27 heavy (non-hydrogen) atoms.